The minimum absolute atomic E-state index is 0.126. The number of carboxylic acids is 1. The van der Waals surface area contributed by atoms with Gasteiger partial charge in [0.2, 0.25) is 0 Å². The third-order valence-electron chi connectivity index (χ3n) is 3.42. The molecule has 2 rings (SSSR count). The lowest BCUT2D eigenvalue weighted by Crippen LogP contribution is -2.52. The molecule has 1 aliphatic heterocycles. The van der Waals surface area contributed by atoms with Crippen molar-refractivity contribution in [2.24, 2.45) is 11.8 Å². The number of aliphatic carboxylic acids is 1. The average molecular weight is 242 g/mol. The normalized spacial score (nSPS) is 32.1. The number of carboxylic acid groups (broad SMARTS) is 1. The zero-order chi connectivity index (χ0) is 12.4. The standard InChI is InChI=1S/C11H18N2O4/c1-7-4-8(7)5-12-11(16)13-2-3-17-9(6-13)10(14)15/h7-9H,2-6H2,1H3,(H,12,16)(H,14,15). The molecule has 0 spiro atoms. The maximum Gasteiger partial charge on any atom is 0.334 e. The van der Waals surface area contributed by atoms with Crippen molar-refractivity contribution < 1.29 is 19.4 Å². The van der Waals surface area contributed by atoms with E-state index in [1.807, 2.05) is 0 Å². The fraction of sp³-hybridized carbons (Fsp3) is 0.818. The van der Waals surface area contributed by atoms with E-state index < -0.39 is 12.1 Å². The number of carbonyl (C=O) groups excluding carboxylic acids is 1. The first-order valence-corrected chi connectivity index (χ1v) is 5.95. The van der Waals surface area contributed by atoms with Gasteiger partial charge >= 0.3 is 12.0 Å². The Labute approximate surface area is 99.9 Å². The number of nitrogens with one attached hydrogen (secondary N) is 1. The van der Waals surface area contributed by atoms with Gasteiger partial charge in [0.15, 0.2) is 6.10 Å². The van der Waals surface area contributed by atoms with Crippen molar-refractivity contribution in [3.8, 4) is 0 Å². The monoisotopic (exact) mass is 242 g/mol. The van der Waals surface area contributed by atoms with Crippen LogP contribution in [0.1, 0.15) is 13.3 Å². The van der Waals surface area contributed by atoms with E-state index in [0.29, 0.717) is 24.9 Å². The van der Waals surface area contributed by atoms with E-state index in [1.54, 1.807) is 0 Å². The molecular formula is C11H18N2O4. The summed E-state index contributed by atoms with van der Waals surface area (Å²) in [5, 5.41) is 11.7. The number of morpholine rings is 1. The number of hydrogen-bond donors (Lipinski definition) is 2. The van der Waals surface area contributed by atoms with Crippen LogP contribution in [0.25, 0.3) is 0 Å². The lowest BCUT2D eigenvalue weighted by Gasteiger charge is -2.30. The van der Waals surface area contributed by atoms with Crippen LogP contribution in [0.15, 0.2) is 0 Å². The van der Waals surface area contributed by atoms with E-state index in [-0.39, 0.29) is 19.2 Å². The molecule has 6 heteroatoms. The first kappa shape index (κ1) is 12.2. The molecule has 96 valence electrons. The maximum atomic E-state index is 11.8. The highest BCUT2D eigenvalue weighted by Gasteiger charge is 2.34. The summed E-state index contributed by atoms with van der Waals surface area (Å²) < 4.78 is 5.05. The SMILES string of the molecule is CC1CC1CNC(=O)N1CCOC(C(=O)O)C1. The van der Waals surface area contributed by atoms with Crippen molar-refractivity contribution in [3.05, 3.63) is 0 Å². The summed E-state index contributed by atoms with van der Waals surface area (Å²) in [4.78, 5) is 24.0. The minimum Gasteiger partial charge on any atom is -0.479 e. The second-order valence-electron chi connectivity index (χ2n) is 4.80. The Morgan fingerprint density at radius 2 is 2.24 bits per heavy atom. The number of hydrogen-bond acceptors (Lipinski definition) is 3. The van der Waals surface area contributed by atoms with E-state index in [0.717, 1.165) is 0 Å². The summed E-state index contributed by atoms with van der Waals surface area (Å²) in [6.45, 7) is 3.71. The van der Waals surface area contributed by atoms with Gasteiger partial charge < -0.3 is 20.1 Å². The van der Waals surface area contributed by atoms with Crippen molar-refractivity contribution in [1.29, 1.82) is 0 Å². The van der Waals surface area contributed by atoms with Crippen LogP contribution >= 0.6 is 0 Å². The van der Waals surface area contributed by atoms with Crippen LogP contribution in [0.4, 0.5) is 4.79 Å². The Hall–Kier alpha value is -1.30. The van der Waals surface area contributed by atoms with Crippen LogP contribution in [-0.2, 0) is 9.53 Å². The van der Waals surface area contributed by atoms with Gasteiger partial charge in [0, 0.05) is 13.1 Å². The van der Waals surface area contributed by atoms with Gasteiger partial charge in [-0.3, -0.25) is 0 Å². The van der Waals surface area contributed by atoms with Crippen LogP contribution in [0.5, 0.6) is 0 Å². The van der Waals surface area contributed by atoms with Crippen LogP contribution < -0.4 is 5.32 Å². The van der Waals surface area contributed by atoms with Crippen molar-refractivity contribution in [1.82, 2.24) is 10.2 Å². The predicted molar refractivity (Wildman–Crippen MR) is 59.6 cm³/mol. The molecule has 2 fully saturated rings. The van der Waals surface area contributed by atoms with Crippen molar-refractivity contribution in [3.63, 3.8) is 0 Å². The van der Waals surface area contributed by atoms with E-state index in [9.17, 15) is 9.59 Å². The number of nitrogens with zero attached hydrogens (tertiary/aromatic N) is 1. The lowest BCUT2D eigenvalue weighted by atomic mass is 10.3. The Morgan fingerprint density at radius 1 is 1.53 bits per heavy atom. The molecule has 3 atom stereocenters. The third-order valence-corrected chi connectivity index (χ3v) is 3.42. The smallest absolute Gasteiger partial charge is 0.334 e. The van der Waals surface area contributed by atoms with Gasteiger partial charge in [-0.15, -0.1) is 0 Å². The molecular weight excluding hydrogens is 224 g/mol. The number of urea groups is 1. The molecule has 0 bridgehead atoms. The number of amides is 2. The topological polar surface area (TPSA) is 78.9 Å². The van der Waals surface area contributed by atoms with E-state index in [2.05, 4.69) is 12.2 Å². The molecule has 2 N–H and O–H groups in total. The summed E-state index contributed by atoms with van der Waals surface area (Å²) in [5.41, 5.74) is 0. The predicted octanol–water partition coefficient (Wildman–Crippen LogP) is 0.137. The zero-order valence-electron chi connectivity index (χ0n) is 9.89. The van der Waals surface area contributed by atoms with Gasteiger partial charge in [0.25, 0.3) is 0 Å². The highest BCUT2D eigenvalue weighted by molar-refractivity contribution is 5.77. The highest BCUT2D eigenvalue weighted by atomic mass is 16.5. The van der Waals surface area contributed by atoms with Crippen LogP contribution in [0, 0.1) is 11.8 Å². The second kappa shape index (κ2) is 4.91. The molecule has 0 aromatic rings. The fourth-order valence-corrected chi connectivity index (χ4v) is 2.00. The van der Waals surface area contributed by atoms with E-state index in [4.69, 9.17) is 9.84 Å². The van der Waals surface area contributed by atoms with Gasteiger partial charge in [-0.25, -0.2) is 9.59 Å². The zero-order valence-corrected chi connectivity index (χ0v) is 9.89. The number of ether oxygens (including phenoxy) is 1. The summed E-state index contributed by atoms with van der Waals surface area (Å²) in [6, 6.07) is -0.182. The molecule has 0 aromatic heterocycles. The molecule has 2 amide bonds. The summed E-state index contributed by atoms with van der Waals surface area (Å²) in [6.07, 6.45) is 0.274. The number of carbonyl (C=O) groups is 2. The number of rotatable bonds is 3. The molecule has 1 aliphatic carbocycles. The fourth-order valence-electron chi connectivity index (χ4n) is 2.00. The van der Waals surface area contributed by atoms with Crippen molar-refractivity contribution in [2.45, 2.75) is 19.4 Å². The molecule has 1 saturated heterocycles. The molecule has 6 nitrogen and oxygen atoms in total. The van der Waals surface area contributed by atoms with Crippen molar-refractivity contribution in [2.75, 3.05) is 26.2 Å². The molecule has 1 heterocycles. The Balaban J connectivity index is 1.76. The van der Waals surface area contributed by atoms with Crippen LogP contribution in [0.3, 0.4) is 0 Å². The molecule has 0 radical (unpaired) electrons. The summed E-state index contributed by atoms with van der Waals surface area (Å²) in [5.74, 6) is 0.278. The van der Waals surface area contributed by atoms with Crippen molar-refractivity contribution >= 4 is 12.0 Å². The average Bonchev–Trinajstić information content (AvgIpc) is 3.02. The van der Waals surface area contributed by atoms with E-state index in [1.165, 1.54) is 11.3 Å². The second-order valence-corrected chi connectivity index (χ2v) is 4.80. The molecule has 2 aliphatic rings. The molecule has 3 unspecified atom stereocenters. The van der Waals surface area contributed by atoms with Gasteiger partial charge in [0.1, 0.15) is 0 Å². The maximum absolute atomic E-state index is 11.8. The first-order valence-electron chi connectivity index (χ1n) is 5.95. The Morgan fingerprint density at radius 3 is 2.82 bits per heavy atom. The largest absolute Gasteiger partial charge is 0.479 e. The van der Waals surface area contributed by atoms with Gasteiger partial charge in [0.05, 0.1) is 13.2 Å². The summed E-state index contributed by atoms with van der Waals surface area (Å²) >= 11 is 0. The van der Waals surface area contributed by atoms with Gasteiger partial charge in [-0.05, 0) is 18.3 Å². The van der Waals surface area contributed by atoms with Crippen LogP contribution in [0.2, 0.25) is 0 Å². The molecule has 0 aromatic carbocycles. The molecule has 1 saturated carbocycles. The van der Waals surface area contributed by atoms with Gasteiger partial charge in [-0.2, -0.15) is 0 Å². The highest BCUT2D eigenvalue weighted by Crippen LogP contribution is 2.36. The quantitative estimate of drug-likeness (QED) is 0.737. The Bertz CT molecular complexity index is 321. The lowest BCUT2D eigenvalue weighted by molar-refractivity contribution is -0.154. The Kier molecular flexibility index (Phi) is 3.51. The van der Waals surface area contributed by atoms with Gasteiger partial charge in [-0.1, -0.05) is 6.92 Å². The van der Waals surface area contributed by atoms with Crippen LogP contribution in [-0.4, -0.2) is 54.4 Å². The third kappa shape index (κ3) is 3.09. The van der Waals surface area contributed by atoms with E-state index >= 15 is 0 Å². The summed E-state index contributed by atoms with van der Waals surface area (Å²) in [7, 11) is 0. The molecule has 17 heavy (non-hydrogen) atoms. The minimum atomic E-state index is -1.02. The first-order chi connectivity index (χ1) is 8.08.